The van der Waals surface area contributed by atoms with Gasteiger partial charge in [-0.15, -0.1) is 12.6 Å². The van der Waals surface area contributed by atoms with Crippen molar-refractivity contribution in [2.75, 3.05) is 16.4 Å². The van der Waals surface area contributed by atoms with Crippen molar-refractivity contribution in [1.82, 2.24) is 4.98 Å². The Bertz CT molecular complexity index is 1550. The van der Waals surface area contributed by atoms with Crippen molar-refractivity contribution in [2.24, 2.45) is 0 Å². The molecule has 1 amide bonds. The van der Waals surface area contributed by atoms with Gasteiger partial charge in [0.05, 0.1) is 24.1 Å². The Labute approximate surface area is 261 Å². The highest BCUT2D eigenvalue weighted by molar-refractivity contribution is 7.81. The molecule has 1 aliphatic carbocycles. The van der Waals surface area contributed by atoms with E-state index in [2.05, 4.69) is 51.5 Å². The topological polar surface area (TPSA) is 95.8 Å². The number of ketones is 1. The summed E-state index contributed by atoms with van der Waals surface area (Å²) in [4.78, 5) is 33.1. The lowest BCUT2D eigenvalue weighted by atomic mass is 9.73. The zero-order valence-corrected chi connectivity index (χ0v) is 27.1. The number of Topliss-reactive ketones (excluding diaryl/α,β-unsaturated/α-hetero) is 1. The summed E-state index contributed by atoms with van der Waals surface area (Å²) in [6.45, 7) is 11.5. The number of allylic oxidation sites excluding steroid dienone is 1. The van der Waals surface area contributed by atoms with Crippen LogP contribution in [-0.4, -0.2) is 48.7 Å². The van der Waals surface area contributed by atoms with E-state index in [-0.39, 0.29) is 35.5 Å². The van der Waals surface area contributed by atoms with Crippen molar-refractivity contribution in [3.63, 3.8) is 0 Å². The monoisotopic (exact) mass is 644 g/mol. The highest BCUT2D eigenvalue weighted by atomic mass is 32.1. The Hall–Kier alpha value is -3.34. The van der Waals surface area contributed by atoms with Gasteiger partial charge in [0.15, 0.2) is 30.8 Å². The number of halogens is 3. The molecule has 1 saturated heterocycles. The van der Waals surface area contributed by atoms with Gasteiger partial charge in [-0.3, -0.25) is 14.5 Å². The highest BCUT2D eigenvalue weighted by Gasteiger charge is 2.66. The minimum Gasteiger partial charge on any atom is -0.488 e. The Morgan fingerprint density at radius 3 is 2.41 bits per heavy atom. The van der Waals surface area contributed by atoms with Gasteiger partial charge in [0.25, 0.3) is 5.91 Å². The number of aromatic nitrogens is 1. The number of pyridine rings is 1. The molecule has 3 atom stereocenters. The molecule has 3 unspecified atom stereocenters. The van der Waals surface area contributed by atoms with Crippen LogP contribution in [0.2, 0.25) is 18.1 Å². The molecule has 0 radical (unpaired) electrons. The van der Waals surface area contributed by atoms with E-state index < -0.39 is 42.7 Å². The SMILES string of the molecule is CC(C)(C)[Si](C)(C)OCC1CCC=C(c2ccc(N3C(S)N(c4cnc(C#N)c(C(F)(F)F)c4)C(=O)C34CCC4=O)cc2)O1. The minimum absolute atomic E-state index is 0.0873. The van der Waals surface area contributed by atoms with E-state index in [9.17, 15) is 22.8 Å². The maximum absolute atomic E-state index is 13.8. The van der Waals surface area contributed by atoms with E-state index in [1.54, 1.807) is 17.0 Å². The largest absolute Gasteiger partial charge is 0.488 e. The number of benzene rings is 1. The van der Waals surface area contributed by atoms with Gasteiger partial charge in [0, 0.05) is 17.7 Å². The number of thiol groups is 1. The fourth-order valence-electron chi connectivity index (χ4n) is 5.45. The molecule has 8 nitrogen and oxygen atoms in total. The molecule has 44 heavy (non-hydrogen) atoms. The molecule has 1 spiro atoms. The summed E-state index contributed by atoms with van der Waals surface area (Å²) >= 11 is 4.63. The summed E-state index contributed by atoms with van der Waals surface area (Å²) in [5, 5.41) is 9.23. The predicted octanol–water partition coefficient (Wildman–Crippen LogP) is 6.68. The molecule has 1 aromatic heterocycles. The number of carbonyl (C=O) groups is 2. The molecule has 2 aromatic rings. The minimum atomic E-state index is -4.87. The number of hydrogen-bond donors (Lipinski definition) is 1. The first-order valence-corrected chi connectivity index (χ1v) is 17.9. The lowest BCUT2D eigenvalue weighted by molar-refractivity contribution is -0.140. The van der Waals surface area contributed by atoms with Gasteiger partial charge in [0.1, 0.15) is 17.9 Å². The molecule has 3 heterocycles. The van der Waals surface area contributed by atoms with Crippen LogP contribution >= 0.6 is 12.6 Å². The maximum atomic E-state index is 13.8. The van der Waals surface area contributed by atoms with E-state index in [0.717, 1.165) is 29.5 Å². The zero-order chi connectivity index (χ0) is 32.2. The summed E-state index contributed by atoms with van der Waals surface area (Å²) in [7, 11) is -1.94. The van der Waals surface area contributed by atoms with E-state index in [1.807, 2.05) is 18.2 Å². The van der Waals surface area contributed by atoms with Crippen LogP contribution in [0.3, 0.4) is 0 Å². The first-order chi connectivity index (χ1) is 20.5. The summed E-state index contributed by atoms with van der Waals surface area (Å²) in [5.41, 5.74) is -3.66. The lowest BCUT2D eigenvalue weighted by Gasteiger charge is -2.42. The molecule has 234 valence electrons. The standard InChI is InChI=1S/C31H35F3N4O4SSi/c1-29(2,3)44(4,5)41-18-22-7-6-8-25(42-22)19-9-11-20(12-10-19)38-28(43)37(27(40)30(38)14-13-26(30)39)21-15-23(31(32,33)34)24(16-35)36-17-21/h8-12,15,17,22,28,43H,6-7,13-14,18H2,1-5H3. The van der Waals surface area contributed by atoms with Gasteiger partial charge >= 0.3 is 6.18 Å². The maximum Gasteiger partial charge on any atom is 0.419 e. The summed E-state index contributed by atoms with van der Waals surface area (Å²) in [6, 6.07) is 9.30. The Kier molecular flexibility index (Phi) is 8.18. The normalized spacial score (nSPS) is 24.2. The van der Waals surface area contributed by atoms with Crippen LogP contribution in [-0.2, 0) is 24.9 Å². The smallest absolute Gasteiger partial charge is 0.419 e. The van der Waals surface area contributed by atoms with Crippen LogP contribution in [0.5, 0.6) is 0 Å². The highest BCUT2D eigenvalue weighted by Crippen LogP contribution is 2.49. The summed E-state index contributed by atoms with van der Waals surface area (Å²) in [6.07, 6.45) is 0.112. The number of amides is 1. The second-order valence-electron chi connectivity index (χ2n) is 12.9. The van der Waals surface area contributed by atoms with Crippen LogP contribution in [0.15, 0.2) is 42.6 Å². The number of hydrogen-bond acceptors (Lipinski definition) is 8. The molecule has 5 rings (SSSR count). The van der Waals surface area contributed by atoms with Crippen LogP contribution in [0.4, 0.5) is 24.5 Å². The van der Waals surface area contributed by atoms with Gasteiger partial charge in [-0.05, 0) is 73.8 Å². The quantitative estimate of drug-likeness (QED) is 0.213. The van der Waals surface area contributed by atoms with Crippen LogP contribution in [0.25, 0.3) is 5.76 Å². The van der Waals surface area contributed by atoms with Crippen LogP contribution in [0.1, 0.15) is 63.3 Å². The molecular weight excluding hydrogens is 610 g/mol. The van der Waals surface area contributed by atoms with Crippen molar-refractivity contribution in [3.8, 4) is 6.07 Å². The van der Waals surface area contributed by atoms with E-state index in [4.69, 9.17) is 14.4 Å². The van der Waals surface area contributed by atoms with Crippen LogP contribution in [0, 0.1) is 11.3 Å². The molecule has 0 bridgehead atoms. The second-order valence-corrected chi connectivity index (χ2v) is 18.1. The number of carbonyl (C=O) groups excluding carboxylic acids is 2. The first-order valence-electron chi connectivity index (χ1n) is 14.4. The third-order valence-corrected chi connectivity index (χ3v) is 14.1. The van der Waals surface area contributed by atoms with Crippen molar-refractivity contribution in [3.05, 3.63) is 59.4 Å². The number of rotatable bonds is 6. The van der Waals surface area contributed by atoms with Crippen molar-refractivity contribution >= 4 is 49.8 Å². The Balaban J connectivity index is 1.40. The average molecular weight is 645 g/mol. The van der Waals surface area contributed by atoms with Crippen molar-refractivity contribution < 1.29 is 31.9 Å². The molecule has 1 saturated carbocycles. The summed E-state index contributed by atoms with van der Waals surface area (Å²) in [5.74, 6) is -0.306. The first kappa shape index (κ1) is 32.1. The van der Waals surface area contributed by atoms with Gasteiger partial charge in [-0.25, -0.2) is 4.98 Å². The van der Waals surface area contributed by atoms with E-state index in [0.29, 0.717) is 24.1 Å². The van der Waals surface area contributed by atoms with E-state index in [1.165, 1.54) is 6.07 Å². The van der Waals surface area contributed by atoms with E-state index >= 15 is 0 Å². The van der Waals surface area contributed by atoms with Gasteiger partial charge < -0.3 is 14.1 Å². The zero-order valence-electron chi connectivity index (χ0n) is 25.2. The number of nitriles is 1. The Morgan fingerprint density at radius 2 is 1.86 bits per heavy atom. The molecule has 0 N–H and O–H groups in total. The molecule has 1 aromatic carbocycles. The van der Waals surface area contributed by atoms with Crippen molar-refractivity contribution in [1.29, 1.82) is 5.26 Å². The molecule has 3 aliphatic rings. The van der Waals surface area contributed by atoms with Gasteiger partial charge in [0.2, 0.25) is 0 Å². The van der Waals surface area contributed by atoms with Crippen LogP contribution < -0.4 is 9.80 Å². The summed E-state index contributed by atoms with van der Waals surface area (Å²) < 4.78 is 53.7. The van der Waals surface area contributed by atoms with Crippen molar-refractivity contribution in [2.45, 2.75) is 87.9 Å². The van der Waals surface area contributed by atoms with Gasteiger partial charge in [-0.2, -0.15) is 18.4 Å². The predicted molar refractivity (Wildman–Crippen MR) is 165 cm³/mol. The molecular formula is C31H35F3N4O4SSi. The third-order valence-electron chi connectivity index (χ3n) is 9.16. The van der Waals surface area contributed by atoms with Gasteiger partial charge in [-0.1, -0.05) is 20.8 Å². The number of alkyl halides is 3. The second kappa shape index (κ2) is 11.2. The molecule has 2 fully saturated rings. The molecule has 2 aliphatic heterocycles. The average Bonchev–Trinajstić information content (AvgIpc) is 3.22. The molecule has 13 heteroatoms. The third kappa shape index (κ3) is 5.41. The fourth-order valence-corrected chi connectivity index (χ4v) is 7.06. The number of anilines is 2. The Morgan fingerprint density at radius 1 is 1.18 bits per heavy atom. The number of nitrogens with zero attached hydrogens (tertiary/aromatic N) is 4. The fraction of sp³-hybridized carbons (Fsp3) is 0.484. The number of ether oxygens (including phenoxy) is 1. The lowest BCUT2D eigenvalue weighted by Crippen LogP contribution is -2.62.